The molecule has 1 unspecified atom stereocenters. The summed E-state index contributed by atoms with van der Waals surface area (Å²) in [6.45, 7) is 1.44. The van der Waals surface area contributed by atoms with Gasteiger partial charge in [-0.1, -0.05) is 17.7 Å². The van der Waals surface area contributed by atoms with E-state index in [9.17, 15) is 4.79 Å². The highest BCUT2D eigenvalue weighted by atomic mass is 35.5. The van der Waals surface area contributed by atoms with Crippen LogP contribution in [0.1, 0.15) is 41.4 Å². The normalized spacial score (nSPS) is 17.4. The van der Waals surface area contributed by atoms with Gasteiger partial charge >= 0.3 is 0 Å². The first-order chi connectivity index (χ1) is 12.2. The third-order valence-corrected chi connectivity index (χ3v) is 4.58. The number of pyridine rings is 1. The van der Waals surface area contributed by atoms with Crippen LogP contribution >= 0.6 is 11.6 Å². The largest absolute Gasteiger partial charge is 0.491 e. The van der Waals surface area contributed by atoms with Crippen LogP contribution in [-0.4, -0.2) is 35.5 Å². The second kappa shape index (κ2) is 8.32. The Labute approximate surface area is 152 Å². The van der Waals surface area contributed by atoms with Gasteiger partial charge in [0, 0.05) is 24.3 Å². The highest BCUT2D eigenvalue weighted by Gasteiger charge is 2.31. The monoisotopic (exact) mass is 359 g/mol. The first-order valence-electron chi connectivity index (χ1n) is 8.55. The molecule has 0 bridgehead atoms. The summed E-state index contributed by atoms with van der Waals surface area (Å²) < 4.78 is 5.65. The molecule has 1 aliphatic rings. The molecule has 1 aromatic heterocycles. The summed E-state index contributed by atoms with van der Waals surface area (Å²) in [7, 11) is 0. The molecule has 2 heterocycles. The molecule has 1 amide bonds. The fraction of sp³-hybridized carbons (Fsp3) is 0.368. The van der Waals surface area contributed by atoms with Crippen LogP contribution < -0.4 is 10.5 Å². The topological polar surface area (TPSA) is 68.5 Å². The number of ether oxygens (including phenoxy) is 1. The van der Waals surface area contributed by atoms with E-state index in [-0.39, 0.29) is 11.9 Å². The summed E-state index contributed by atoms with van der Waals surface area (Å²) in [4.78, 5) is 19.6. The smallest absolute Gasteiger partial charge is 0.258 e. The highest BCUT2D eigenvalue weighted by Crippen LogP contribution is 2.33. The van der Waals surface area contributed by atoms with Gasteiger partial charge in [0.05, 0.1) is 17.3 Å². The molecular weight excluding hydrogens is 338 g/mol. The standard InChI is InChI=1S/C19H22ClN3O2/c20-14-7-8-18(25-12-9-21)15(13-14)19(24)23-11-4-2-6-17(23)16-5-1-3-10-22-16/h1,3,5,7-8,10,13,17H,2,4,6,9,11-12,21H2. The number of nitrogens with two attached hydrogens (primary N) is 1. The number of likely N-dealkylation sites (tertiary alicyclic amines) is 1. The lowest BCUT2D eigenvalue weighted by atomic mass is 9.97. The lowest BCUT2D eigenvalue weighted by Gasteiger charge is -2.35. The molecule has 0 spiro atoms. The Morgan fingerprint density at radius 3 is 2.96 bits per heavy atom. The summed E-state index contributed by atoms with van der Waals surface area (Å²) in [5.41, 5.74) is 6.91. The van der Waals surface area contributed by atoms with E-state index in [0.29, 0.717) is 36.0 Å². The molecule has 2 aromatic rings. The number of carbonyl (C=O) groups excluding carboxylic acids is 1. The van der Waals surface area contributed by atoms with Gasteiger partial charge < -0.3 is 15.4 Å². The van der Waals surface area contributed by atoms with E-state index >= 15 is 0 Å². The second-order valence-corrected chi connectivity index (χ2v) is 6.48. The zero-order valence-corrected chi connectivity index (χ0v) is 14.8. The number of carbonyl (C=O) groups is 1. The van der Waals surface area contributed by atoms with Crippen LogP contribution in [0.5, 0.6) is 5.75 Å². The SMILES string of the molecule is NCCOc1ccc(Cl)cc1C(=O)N1CCCCC1c1ccccn1. The highest BCUT2D eigenvalue weighted by molar-refractivity contribution is 6.31. The van der Waals surface area contributed by atoms with Crippen molar-refractivity contribution in [1.29, 1.82) is 0 Å². The van der Waals surface area contributed by atoms with Gasteiger partial charge in [-0.2, -0.15) is 0 Å². The molecule has 2 N–H and O–H groups in total. The van der Waals surface area contributed by atoms with Crippen LogP contribution in [0.15, 0.2) is 42.6 Å². The molecule has 3 rings (SSSR count). The van der Waals surface area contributed by atoms with Crippen LogP contribution in [0, 0.1) is 0 Å². The van der Waals surface area contributed by atoms with E-state index in [1.54, 1.807) is 24.4 Å². The first-order valence-corrected chi connectivity index (χ1v) is 8.93. The third kappa shape index (κ3) is 4.11. The first kappa shape index (κ1) is 17.7. The lowest BCUT2D eigenvalue weighted by molar-refractivity contribution is 0.0602. The van der Waals surface area contributed by atoms with Crippen molar-refractivity contribution in [3.05, 3.63) is 58.9 Å². The number of amides is 1. The van der Waals surface area contributed by atoms with E-state index in [4.69, 9.17) is 22.1 Å². The molecule has 0 radical (unpaired) electrons. The molecule has 0 saturated carbocycles. The number of nitrogens with zero attached hydrogens (tertiary/aromatic N) is 2. The summed E-state index contributed by atoms with van der Waals surface area (Å²) in [5, 5.41) is 0.509. The maximum Gasteiger partial charge on any atom is 0.258 e. The minimum absolute atomic E-state index is 0.0243. The van der Waals surface area contributed by atoms with Crippen molar-refractivity contribution in [2.24, 2.45) is 5.73 Å². The predicted molar refractivity (Wildman–Crippen MR) is 97.9 cm³/mol. The van der Waals surface area contributed by atoms with Gasteiger partial charge in [0.1, 0.15) is 12.4 Å². The molecular formula is C19H22ClN3O2. The second-order valence-electron chi connectivity index (χ2n) is 6.04. The number of piperidine rings is 1. The number of aromatic nitrogens is 1. The number of hydrogen-bond acceptors (Lipinski definition) is 4. The van der Waals surface area contributed by atoms with Crippen molar-refractivity contribution >= 4 is 17.5 Å². The predicted octanol–water partition coefficient (Wildman–Crippen LogP) is 3.44. The Bertz CT molecular complexity index is 724. The van der Waals surface area contributed by atoms with Crippen molar-refractivity contribution in [3.8, 4) is 5.75 Å². The third-order valence-electron chi connectivity index (χ3n) is 4.34. The number of benzene rings is 1. The Morgan fingerprint density at radius 2 is 2.20 bits per heavy atom. The number of rotatable bonds is 5. The molecule has 1 atom stereocenters. The zero-order valence-electron chi connectivity index (χ0n) is 14.0. The summed E-state index contributed by atoms with van der Waals surface area (Å²) in [5.74, 6) is 0.440. The van der Waals surface area contributed by atoms with E-state index in [1.165, 1.54) is 0 Å². The van der Waals surface area contributed by atoms with Crippen LogP contribution in [0.4, 0.5) is 0 Å². The Balaban J connectivity index is 1.91. The van der Waals surface area contributed by atoms with Crippen molar-refractivity contribution < 1.29 is 9.53 Å². The molecule has 1 aliphatic heterocycles. The van der Waals surface area contributed by atoms with Gasteiger partial charge in [0.15, 0.2) is 0 Å². The molecule has 6 heteroatoms. The fourth-order valence-electron chi connectivity index (χ4n) is 3.17. The Morgan fingerprint density at radius 1 is 1.32 bits per heavy atom. The van der Waals surface area contributed by atoms with Crippen LogP contribution in [0.25, 0.3) is 0 Å². The molecule has 25 heavy (non-hydrogen) atoms. The zero-order chi connectivity index (χ0) is 17.6. The van der Waals surface area contributed by atoms with Gasteiger partial charge in [-0.15, -0.1) is 0 Å². The quantitative estimate of drug-likeness (QED) is 0.887. The van der Waals surface area contributed by atoms with Crippen molar-refractivity contribution in [2.75, 3.05) is 19.7 Å². The average molecular weight is 360 g/mol. The molecule has 0 aliphatic carbocycles. The fourth-order valence-corrected chi connectivity index (χ4v) is 3.35. The van der Waals surface area contributed by atoms with Gasteiger partial charge in [0.25, 0.3) is 5.91 Å². The van der Waals surface area contributed by atoms with Crippen LogP contribution in [-0.2, 0) is 0 Å². The van der Waals surface area contributed by atoms with Crippen molar-refractivity contribution in [1.82, 2.24) is 9.88 Å². The van der Waals surface area contributed by atoms with E-state index < -0.39 is 0 Å². The molecule has 132 valence electrons. The number of hydrogen-bond donors (Lipinski definition) is 1. The number of halogens is 1. The maximum absolute atomic E-state index is 13.2. The van der Waals surface area contributed by atoms with E-state index in [2.05, 4.69) is 4.98 Å². The maximum atomic E-state index is 13.2. The summed E-state index contributed by atoms with van der Waals surface area (Å²) in [6, 6.07) is 10.9. The summed E-state index contributed by atoms with van der Waals surface area (Å²) >= 11 is 6.12. The van der Waals surface area contributed by atoms with Gasteiger partial charge in [0.2, 0.25) is 0 Å². The minimum atomic E-state index is -0.0788. The molecule has 1 aromatic carbocycles. The Kier molecular flexibility index (Phi) is 5.89. The lowest BCUT2D eigenvalue weighted by Crippen LogP contribution is -2.39. The van der Waals surface area contributed by atoms with E-state index in [0.717, 1.165) is 25.0 Å². The van der Waals surface area contributed by atoms with Gasteiger partial charge in [-0.3, -0.25) is 9.78 Å². The minimum Gasteiger partial charge on any atom is -0.491 e. The van der Waals surface area contributed by atoms with Crippen LogP contribution in [0.3, 0.4) is 0 Å². The van der Waals surface area contributed by atoms with Gasteiger partial charge in [-0.05, 0) is 49.6 Å². The van der Waals surface area contributed by atoms with Crippen molar-refractivity contribution in [3.63, 3.8) is 0 Å². The molecule has 5 nitrogen and oxygen atoms in total. The van der Waals surface area contributed by atoms with Gasteiger partial charge in [-0.25, -0.2) is 0 Å². The molecule has 1 saturated heterocycles. The van der Waals surface area contributed by atoms with E-state index in [1.807, 2.05) is 23.1 Å². The summed E-state index contributed by atoms with van der Waals surface area (Å²) in [6.07, 6.45) is 4.73. The van der Waals surface area contributed by atoms with Crippen molar-refractivity contribution in [2.45, 2.75) is 25.3 Å². The average Bonchev–Trinajstić information content (AvgIpc) is 2.67. The van der Waals surface area contributed by atoms with Crippen LogP contribution in [0.2, 0.25) is 5.02 Å². The molecule has 1 fully saturated rings. The Hall–Kier alpha value is -2.11.